The van der Waals surface area contributed by atoms with Crippen molar-refractivity contribution < 1.29 is 19.4 Å². The van der Waals surface area contributed by atoms with E-state index in [0.717, 1.165) is 12.8 Å². The van der Waals surface area contributed by atoms with E-state index in [1.165, 1.54) is 0 Å². The number of ether oxygens (including phenoxy) is 1. The molecule has 2 amide bonds. The number of aliphatic hydroxyl groups excluding tert-OH is 1. The summed E-state index contributed by atoms with van der Waals surface area (Å²) in [6, 6.07) is 7.13. The van der Waals surface area contributed by atoms with Gasteiger partial charge in [0, 0.05) is 38.3 Å². The molecule has 2 aliphatic rings. The molecule has 142 valence electrons. The highest BCUT2D eigenvalue weighted by atomic mass is 16.5. The zero-order valence-corrected chi connectivity index (χ0v) is 15.4. The molecule has 0 aromatic heterocycles. The molecule has 1 aromatic rings. The molecule has 2 fully saturated rings. The zero-order valence-electron chi connectivity index (χ0n) is 15.4. The number of piperidine rings is 1. The molecule has 2 heterocycles. The molecular weight excluding hydrogens is 334 g/mol. The van der Waals surface area contributed by atoms with Crippen LogP contribution in [-0.4, -0.2) is 78.7 Å². The normalized spacial score (nSPS) is 24.5. The molecule has 0 saturated carbocycles. The molecule has 1 aromatic carbocycles. The Bertz CT molecular complexity index is 658. The maximum absolute atomic E-state index is 12.7. The number of benzene rings is 1. The van der Waals surface area contributed by atoms with Crippen LogP contribution in [0.4, 0.5) is 0 Å². The fraction of sp³-hybridized carbons (Fsp3) is 0.579. The van der Waals surface area contributed by atoms with Gasteiger partial charge in [0.05, 0.1) is 19.3 Å². The van der Waals surface area contributed by atoms with E-state index in [1.807, 2.05) is 17.0 Å². The van der Waals surface area contributed by atoms with Gasteiger partial charge in [0.2, 0.25) is 5.91 Å². The lowest BCUT2D eigenvalue weighted by atomic mass is 10.0. The topological polar surface area (TPSA) is 82.1 Å². The van der Waals surface area contributed by atoms with Gasteiger partial charge in [0.25, 0.3) is 5.91 Å². The summed E-state index contributed by atoms with van der Waals surface area (Å²) in [4.78, 5) is 28.8. The third-order valence-corrected chi connectivity index (χ3v) is 5.40. The maximum Gasteiger partial charge on any atom is 0.253 e. The second-order valence-corrected chi connectivity index (χ2v) is 6.97. The monoisotopic (exact) mass is 361 g/mol. The molecule has 2 N–H and O–H groups in total. The van der Waals surface area contributed by atoms with Crippen LogP contribution in [-0.2, 0) is 4.79 Å². The molecule has 7 heteroatoms. The molecule has 0 radical (unpaired) electrons. The van der Waals surface area contributed by atoms with Gasteiger partial charge in [0.1, 0.15) is 5.75 Å². The number of nitrogens with one attached hydrogen (secondary N) is 1. The van der Waals surface area contributed by atoms with Gasteiger partial charge in [-0.2, -0.15) is 0 Å². The van der Waals surface area contributed by atoms with Crippen molar-refractivity contribution in [3.63, 3.8) is 0 Å². The van der Waals surface area contributed by atoms with Crippen molar-refractivity contribution in [2.45, 2.75) is 37.5 Å². The number of nitrogens with zero attached hydrogens (tertiary/aromatic N) is 2. The smallest absolute Gasteiger partial charge is 0.253 e. The van der Waals surface area contributed by atoms with Crippen LogP contribution < -0.4 is 10.1 Å². The summed E-state index contributed by atoms with van der Waals surface area (Å²) in [6.45, 7) is 1.81. The van der Waals surface area contributed by atoms with Crippen molar-refractivity contribution in [3.05, 3.63) is 29.8 Å². The molecule has 0 spiro atoms. The second kappa shape index (κ2) is 8.05. The number of hydrogen-bond acceptors (Lipinski definition) is 5. The molecule has 0 aliphatic carbocycles. The van der Waals surface area contributed by atoms with Crippen LogP contribution in [0, 0.1) is 0 Å². The summed E-state index contributed by atoms with van der Waals surface area (Å²) in [6.07, 6.45) is 1.61. The van der Waals surface area contributed by atoms with Gasteiger partial charge in [-0.15, -0.1) is 0 Å². The van der Waals surface area contributed by atoms with Crippen LogP contribution in [0.2, 0.25) is 0 Å². The highest BCUT2D eigenvalue weighted by Gasteiger charge is 2.40. The summed E-state index contributed by atoms with van der Waals surface area (Å²) in [5.74, 6) is 0.633. The van der Waals surface area contributed by atoms with Gasteiger partial charge in [0.15, 0.2) is 0 Å². The number of carbonyl (C=O) groups excluding carboxylic acids is 2. The molecule has 0 unspecified atom stereocenters. The van der Waals surface area contributed by atoms with Crippen LogP contribution in [0.1, 0.15) is 29.6 Å². The number of amides is 2. The van der Waals surface area contributed by atoms with Gasteiger partial charge in [-0.1, -0.05) is 6.07 Å². The first-order valence-corrected chi connectivity index (χ1v) is 9.12. The predicted molar refractivity (Wildman–Crippen MR) is 97.1 cm³/mol. The lowest BCUT2D eigenvalue weighted by molar-refractivity contribution is -0.126. The second-order valence-electron chi connectivity index (χ2n) is 6.97. The summed E-state index contributed by atoms with van der Waals surface area (Å²) < 4.78 is 5.19. The number of likely N-dealkylation sites (N-methyl/N-ethyl adjacent to an activating group) is 1. The van der Waals surface area contributed by atoms with Crippen molar-refractivity contribution in [2.24, 2.45) is 0 Å². The molecule has 3 rings (SSSR count). The first kappa shape index (κ1) is 18.7. The fourth-order valence-corrected chi connectivity index (χ4v) is 4.01. The number of β-amino-alcohol motifs (C(OH)–C–C–N with tert-alkyl or cyclic N) is 1. The number of likely N-dealkylation sites (tertiary alicyclic amines) is 2. The van der Waals surface area contributed by atoms with Crippen molar-refractivity contribution in [3.8, 4) is 5.75 Å². The summed E-state index contributed by atoms with van der Waals surface area (Å²) in [7, 11) is 3.21. The Kier molecular flexibility index (Phi) is 5.78. The average Bonchev–Trinajstić information content (AvgIpc) is 3.08. The van der Waals surface area contributed by atoms with E-state index >= 15 is 0 Å². The number of rotatable bonds is 4. The molecule has 0 bridgehead atoms. The van der Waals surface area contributed by atoms with Crippen LogP contribution in [0.25, 0.3) is 0 Å². The standard InChI is InChI=1S/C19H27N3O4/c1-20-18(24)17-11-15(23)12-22(17)14-6-8-21(9-7-14)19(25)13-4-3-5-16(10-13)26-2/h3-5,10,14-15,17,23H,6-9,11-12H2,1-2H3,(H,20,24)/t15-,17+/m1/s1. The van der Waals surface area contributed by atoms with E-state index in [0.29, 0.717) is 37.4 Å². The molecule has 2 saturated heterocycles. The Morgan fingerprint density at radius 1 is 1.27 bits per heavy atom. The minimum absolute atomic E-state index is 0.00616. The van der Waals surface area contributed by atoms with E-state index in [-0.39, 0.29) is 23.9 Å². The summed E-state index contributed by atoms with van der Waals surface area (Å²) in [5.41, 5.74) is 0.627. The van der Waals surface area contributed by atoms with Gasteiger partial charge >= 0.3 is 0 Å². The quantitative estimate of drug-likeness (QED) is 0.815. The Morgan fingerprint density at radius 3 is 2.65 bits per heavy atom. The maximum atomic E-state index is 12.7. The molecule has 7 nitrogen and oxygen atoms in total. The van der Waals surface area contributed by atoms with Crippen molar-refractivity contribution in [1.82, 2.24) is 15.1 Å². The van der Waals surface area contributed by atoms with Crippen molar-refractivity contribution in [1.29, 1.82) is 0 Å². The average molecular weight is 361 g/mol. The first-order valence-electron chi connectivity index (χ1n) is 9.12. The first-order chi connectivity index (χ1) is 12.5. The summed E-state index contributed by atoms with van der Waals surface area (Å²) >= 11 is 0. The van der Waals surface area contributed by atoms with Crippen molar-refractivity contribution in [2.75, 3.05) is 33.8 Å². The Balaban J connectivity index is 1.61. The predicted octanol–water partition coefficient (Wildman–Crippen LogP) is 0.481. The van der Waals surface area contributed by atoms with E-state index in [9.17, 15) is 14.7 Å². The van der Waals surface area contributed by atoms with E-state index in [1.54, 1.807) is 26.3 Å². The SMILES string of the molecule is CNC(=O)[C@@H]1C[C@@H](O)CN1C1CCN(C(=O)c2cccc(OC)c2)CC1. The highest BCUT2D eigenvalue weighted by molar-refractivity contribution is 5.94. The molecule has 26 heavy (non-hydrogen) atoms. The number of aliphatic hydroxyl groups is 1. The van der Waals surface area contributed by atoms with Gasteiger partial charge in [-0.25, -0.2) is 0 Å². The van der Waals surface area contributed by atoms with Gasteiger partial charge in [-0.3, -0.25) is 14.5 Å². The highest BCUT2D eigenvalue weighted by Crippen LogP contribution is 2.27. The van der Waals surface area contributed by atoms with Gasteiger partial charge < -0.3 is 20.1 Å². The van der Waals surface area contributed by atoms with Crippen LogP contribution in [0.15, 0.2) is 24.3 Å². The number of hydrogen-bond donors (Lipinski definition) is 2. The minimum atomic E-state index is -0.464. The van der Waals surface area contributed by atoms with Crippen LogP contribution >= 0.6 is 0 Å². The van der Waals surface area contributed by atoms with Crippen LogP contribution in [0.5, 0.6) is 5.75 Å². The van der Waals surface area contributed by atoms with Crippen LogP contribution in [0.3, 0.4) is 0 Å². The zero-order chi connectivity index (χ0) is 18.7. The van der Waals surface area contributed by atoms with Gasteiger partial charge in [-0.05, 0) is 37.5 Å². The Hall–Kier alpha value is -2.12. The number of methoxy groups -OCH3 is 1. The summed E-state index contributed by atoms with van der Waals surface area (Å²) in [5, 5.41) is 12.7. The van der Waals surface area contributed by atoms with E-state index < -0.39 is 6.10 Å². The Morgan fingerprint density at radius 2 is 2.00 bits per heavy atom. The molecule has 2 aliphatic heterocycles. The third kappa shape index (κ3) is 3.83. The van der Waals surface area contributed by atoms with E-state index in [4.69, 9.17) is 4.74 Å². The lowest BCUT2D eigenvalue weighted by Gasteiger charge is -2.38. The Labute approximate surface area is 153 Å². The fourth-order valence-electron chi connectivity index (χ4n) is 4.01. The number of carbonyl (C=O) groups is 2. The largest absolute Gasteiger partial charge is 0.497 e. The van der Waals surface area contributed by atoms with Crippen molar-refractivity contribution >= 4 is 11.8 Å². The minimum Gasteiger partial charge on any atom is -0.497 e. The lowest BCUT2D eigenvalue weighted by Crippen LogP contribution is -2.51. The third-order valence-electron chi connectivity index (χ3n) is 5.40. The van der Waals surface area contributed by atoms with E-state index in [2.05, 4.69) is 10.2 Å². The molecule has 2 atom stereocenters. The molecular formula is C19H27N3O4.